The molecule has 0 saturated carbocycles. The highest BCUT2D eigenvalue weighted by atomic mass is 79.9. The van der Waals surface area contributed by atoms with Gasteiger partial charge in [-0.2, -0.15) is 0 Å². The van der Waals surface area contributed by atoms with Gasteiger partial charge in [0, 0.05) is 10.0 Å². The van der Waals surface area contributed by atoms with E-state index < -0.39 is 12.5 Å². The third-order valence-corrected chi connectivity index (χ3v) is 2.58. The van der Waals surface area contributed by atoms with Crippen molar-refractivity contribution in [3.63, 3.8) is 0 Å². The third kappa shape index (κ3) is 1.99. The van der Waals surface area contributed by atoms with Crippen LogP contribution < -0.4 is 0 Å². The molecule has 0 fully saturated rings. The molecular formula is C7H4Br2F2. The van der Waals surface area contributed by atoms with Crippen LogP contribution in [0.2, 0.25) is 0 Å². The summed E-state index contributed by atoms with van der Waals surface area (Å²) in [7, 11) is 0. The molecule has 1 rings (SSSR count). The van der Waals surface area contributed by atoms with Crippen molar-refractivity contribution < 1.29 is 8.78 Å². The third-order valence-electron chi connectivity index (χ3n) is 1.23. The highest BCUT2D eigenvalue weighted by molar-refractivity contribution is 9.11. The largest absolute Gasteiger partial charge is 0.246 e. The van der Waals surface area contributed by atoms with Gasteiger partial charge in [0.05, 0.1) is 4.47 Å². The smallest absolute Gasteiger partial charge is 0.137 e. The van der Waals surface area contributed by atoms with Gasteiger partial charge >= 0.3 is 0 Å². The van der Waals surface area contributed by atoms with E-state index in [-0.39, 0.29) is 0 Å². The van der Waals surface area contributed by atoms with E-state index in [0.717, 1.165) is 6.07 Å². The lowest BCUT2D eigenvalue weighted by Gasteiger charge is -2.00. The summed E-state index contributed by atoms with van der Waals surface area (Å²) < 4.78 is 25.7. The molecule has 4 heteroatoms. The minimum absolute atomic E-state index is 0.325. The summed E-state index contributed by atoms with van der Waals surface area (Å²) >= 11 is 6.09. The first-order valence-electron chi connectivity index (χ1n) is 2.84. The Morgan fingerprint density at radius 1 is 1.18 bits per heavy atom. The van der Waals surface area contributed by atoms with E-state index in [1.165, 1.54) is 6.07 Å². The average Bonchev–Trinajstić information content (AvgIpc) is 1.97. The minimum Gasteiger partial charge on any atom is -0.246 e. The molecule has 0 bridgehead atoms. The molecule has 0 saturated heterocycles. The molecule has 0 radical (unpaired) electrons. The first-order chi connectivity index (χ1) is 5.15. The number of alkyl halides is 1. The van der Waals surface area contributed by atoms with Gasteiger partial charge in [-0.05, 0) is 28.1 Å². The number of hydrogen-bond donors (Lipinski definition) is 0. The molecule has 0 aromatic heterocycles. The fourth-order valence-electron chi connectivity index (χ4n) is 0.666. The normalized spacial score (nSPS) is 10.2. The lowest BCUT2D eigenvalue weighted by Crippen LogP contribution is -1.85. The molecule has 0 aliphatic carbocycles. The van der Waals surface area contributed by atoms with Gasteiger partial charge in [0.15, 0.2) is 0 Å². The summed E-state index contributed by atoms with van der Waals surface area (Å²) in [4.78, 5) is 0. The summed E-state index contributed by atoms with van der Waals surface area (Å²) in [6.45, 7) is -0.662. The van der Waals surface area contributed by atoms with E-state index in [1.807, 2.05) is 0 Å². The Morgan fingerprint density at radius 2 is 1.82 bits per heavy atom. The second kappa shape index (κ2) is 3.63. The van der Waals surface area contributed by atoms with E-state index in [9.17, 15) is 8.78 Å². The van der Waals surface area contributed by atoms with Crippen molar-refractivity contribution in [2.75, 3.05) is 0 Å². The maximum Gasteiger partial charge on any atom is 0.137 e. The van der Waals surface area contributed by atoms with Gasteiger partial charge in [-0.25, -0.2) is 8.78 Å². The lowest BCUT2D eigenvalue weighted by atomic mass is 10.2. The highest BCUT2D eigenvalue weighted by Crippen LogP contribution is 2.25. The summed E-state index contributed by atoms with van der Waals surface area (Å²) in [5, 5.41) is 0. The van der Waals surface area contributed by atoms with Crippen LogP contribution in [-0.2, 0) is 6.67 Å². The first kappa shape index (κ1) is 9.13. The van der Waals surface area contributed by atoms with Crippen LogP contribution in [0.5, 0.6) is 0 Å². The van der Waals surface area contributed by atoms with Crippen molar-refractivity contribution in [3.8, 4) is 0 Å². The van der Waals surface area contributed by atoms with Crippen molar-refractivity contribution in [1.82, 2.24) is 0 Å². The predicted molar refractivity (Wildman–Crippen MR) is 46.6 cm³/mol. The maximum atomic E-state index is 12.7. The van der Waals surface area contributed by atoms with Crippen molar-refractivity contribution in [3.05, 3.63) is 32.5 Å². The molecule has 0 nitrogen and oxygen atoms in total. The first-order valence-corrected chi connectivity index (χ1v) is 4.43. The van der Waals surface area contributed by atoms with Gasteiger partial charge in [-0.3, -0.25) is 0 Å². The van der Waals surface area contributed by atoms with Crippen LogP contribution in [0.1, 0.15) is 5.56 Å². The van der Waals surface area contributed by atoms with Crippen LogP contribution >= 0.6 is 31.9 Å². The Bertz CT molecular complexity index is 273. The number of hydrogen-bond acceptors (Lipinski definition) is 0. The lowest BCUT2D eigenvalue weighted by molar-refractivity contribution is 0.480. The topological polar surface area (TPSA) is 0 Å². The van der Waals surface area contributed by atoms with Gasteiger partial charge in [-0.1, -0.05) is 15.9 Å². The van der Waals surface area contributed by atoms with Gasteiger partial charge in [0.25, 0.3) is 0 Å². The van der Waals surface area contributed by atoms with E-state index in [4.69, 9.17) is 0 Å². The zero-order valence-corrected chi connectivity index (χ0v) is 8.55. The Kier molecular flexibility index (Phi) is 3.01. The maximum absolute atomic E-state index is 12.7. The Balaban J connectivity index is 3.21. The molecule has 60 valence electrons. The van der Waals surface area contributed by atoms with E-state index >= 15 is 0 Å². The van der Waals surface area contributed by atoms with Gasteiger partial charge in [0.2, 0.25) is 0 Å². The molecule has 0 aliphatic heterocycles. The van der Waals surface area contributed by atoms with Crippen LogP contribution in [0.25, 0.3) is 0 Å². The minimum atomic E-state index is -0.662. The molecule has 0 spiro atoms. The van der Waals surface area contributed by atoms with Crippen LogP contribution in [0.4, 0.5) is 8.78 Å². The monoisotopic (exact) mass is 284 g/mol. The van der Waals surface area contributed by atoms with E-state index in [0.29, 0.717) is 14.5 Å². The SMILES string of the molecule is FCc1cc(F)c(Br)cc1Br. The predicted octanol–water partition coefficient (Wildman–Crippen LogP) is 3.82. The molecule has 0 unspecified atom stereocenters. The number of rotatable bonds is 1. The number of benzene rings is 1. The fraction of sp³-hybridized carbons (Fsp3) is 0.143. The second-order valence-electron chi connectivity index (χ2n) is 1.99. The Hall–Kier alpha value is 0.0400. The summed E-state index contributed by atoms with van der Waals surface area (Å²) in [5.41, 5.74) is 0.325. The highest BCUT2D eigenvalue weighted by Gasteiger charge is 2.05. The zero-order valence-electron chi connectivity index (χ0n) is 5.37. The fourth-order valence-corrected chi connectivity index (χ4v) is 1.77. The van der Waals surface area contributed by atoms with Gasteiger partial charge in [-0.15, -0.1) is 0 Å². The quantitative estimate of drug-likeness (QED) is 0.688. The summed E-state index contributed by atoms with van der Waals surface area (Å²) in [6, 6.07) is 2.65. The van der Waals surface area contributed by atoms with Crippen molar-refractivity contribution in [2.45, 2.75) is 6.67 Å². The molecule has 0 heterocycles. The van der Waals surface area contributed by atoms with Crippen LogP contribution in [0.15, 0.2) is 21.1 Å². The van der Waals surface area contributed by atoms with Crippen molar-refractivity contribution >= 4 is 31.9 Å². The van der Waals surface area contributed by atoms with Crippen LogP contribution in [0.3, 0.4) is 0 Å². The average molecular weight is 286 g/mol. The Morgan fingerprint density at radius 3 is 2.36 bits per heavy atom. The summed E-state index contributed by atoms with van der Waals surface area (Å²) in [5.74, 6) is -0.444. The molecule has 0 N–H and O–H groups in total. The van der Waals surface area contributed by atoms with Crippen LogP contribution in [0, 0.1) is 5.82 Å². The van der Waals surface area contributed by atoms with Crippen molar-refractivity contribution in [2.24, 2.45) is 0 Å². The van der Waals surface area contributed by atoms with Crippen LogP contribution in [-0.4, -0.2) is 0 Å². The molecule has 1 aromatic rings. The molecule has 0 aliphatic rings. The molecular weight excluding hydrogens is 282 g/mol. The number of halogens is 4. The second-order valence-corrected chi connectivity index (χ2v) is 3.70. The van der Waals surface area contributed by atoms with Crippen molar-refractivity contribution in [1.29, 1.82) is 0 Å². The zero-order chi connectivity index (χ0) is 8.43. The standard InChI is InChI=1S/C7H4Br2F2/c8-5-2-6(9)7(11)1-4(5)3-10/h1-2H,3H2. The Labute approximate surface area is 79.9 Å². The molecule has 11 heavy (non-hydrogen) atoms. The van der Waals surface area contributed by atoms with Gasteiger partial charge < -0.3 is 0 Å². The van der Waals surface area contributed by atoms with E-state index in [1.54, 1.807) is 0 Å². The van der Waals surface area contributed by atoms with E-state index in [2.05, 4.69) is 31.9 Å². The molecule has 1 aromatic carbocycles. The van der Waals surface area contributed by atoms with Gasteiger partial charge in [0.1, 0.15) is 12.5 Å². The summed E-state index contributed by atoms with van der Waals surface area (Å²) in [6.07, 6.45) is 0. The molecule has 0 atom stereocenters. The molecule has 0 amide bonds.